The Morgan fingerprint density at radius 2 is 2.06 bits per heavy atom. The number of benzene rings is 1. The number of halogens is 2. The highest BCUT2D eigenvalue weighted by molar-refractivity contribution is 6.30. The predicted molar refractivity (Wildman–Crippen MR) is 69.3 cm³/mol. The molecule has 0 saturated heterocycles. The largest absolute Gasteiger partial charge is 0.480 e. The van der Waals surface area contributed by atoms with Crippen molar-refractivity contribution in [3.8, 4) is 0 Å². The van der Waals surface area contributed by atoms with Crippen LogP contribution in [0, 0.1) is 5.82 Å². The molecule has 1 rings (SSSR count). The van der Waals surface area contributed by atoms with E-state index in [1.807, 2.05) is 25.7 Å². The molecule has 1 aromatic carbocycles. The van der Waals surface area contributed by atoms with Crippen molar-refractivity contribution < 1.29 is 14.3 Å². The lowest BCUT2D eigenvalue weighted by Crippen LogP contribution is -2.37. The molecule has 0 aromatic heterocycles. The Labute approximate surface area is 111 Å². The summed E-state index contributed by atoms with van der Waals surface area (Å²) in [5.74, 6) is -1.36. The van der Waals surface area contributed by atoms with E-state index in [1.54, 1.807) is 12.1 Å². The second kappa shape index (κ2) is 6.16. The molecule has 0 amide bonds. The maximum absolute atomic E-state index is 13.1. The minimum Gasteiger partial charge on any atom is -0.480 e. The van der Waals surface area contributed by atoms with Gasteiger partial charge >= 0.3 is 5.97 Å². The van der Waals surface area contributed by atoms with E-state index in [9.17, 15) is 9.18 Å². The zero-order chi connectivity index (χ0) is 13.9. The summed E-state index contributed by atoms with van der Waals surface area (Å²) in [6.07, 6.45) is 0. The first-order chi connectivity index (χ1) is 8.32. The Morgan fingerprint density at radius 3 is 2.50 bits per heavy atom. The molecule has 0 heterocycles. The number of nitrogens with zero attached hydrogens (tertiary/aromatic N) is 1. The van der Waals surface area contributed by atoms with Gasteiger partial charge in [-0.05, 0) is 38.5 Å². The van der Waals surface area contributed by atoms with Crippen molar-refractivity contribution in [2.45, 2.75) is 32.9 Å². The lowest BCUT2D eigenvalue weighted by molar-refractivity contribution is -0.139. The van der Waals surface area contributed by atoms with E-state index in [1.165, 1.54) is 6.07 Å². The normalized spacial score (nSPS) is 13.1. The van der Waals surface area contributed by atoms with Crippen molar-refractivity contribution in [2.24, 2.45) is 0 Å². The molecule has 3 nitrogen and oxygen atoms in total. The molecule has 0 bridgehead atoms. The molecule has 18 heavy (non-hydrogen) atoms. The Morgan fingerprint density at radius 1 is 1.44 bits per heavy atom. The molecular weight excluding hydrogens is 257 g/mol. The fourth-order valence-corrected chi connectivity index (χ4v) is 2.08. The summed E-state index contributed by atoms with van der Waals surface area (Å²) in [5.41, 5.74) is 0.802. The van der Waals surface area contributed by atoms with Crippen molar-refractivity contribution in [1.82, 2.24) is 4.90 Å². The summed E-state index contributed by atoms with van der Waals surface area (Å²) in [6.45, 7) is 5.66. The number of hydrogen-bond donors (Lipinski definition) is 1. The van der Waals surface area contributed by atoms with E-state index < -0.39 is 11.8 Å². The third kappa shape index (κ3) is 3.68. The topological polar surface area (TPSA) is 40.5 Å². The number of carboxylic acids is 1. The zero-order valence-electron chi connectivity index (χ0n) is 10.7. The summed E-state index contributed by atoms with van der Waals surface area (Å²) in [6, 6.07) is 4.40. The Bertz CT molecular complexity index is 437. The first-order valence-electron chi connectivity index (χ1n) is 5.75. The highest BCUT2D eigenvalue weighted by Crippen LogP contribution is 2.26. The fourth-order valence-electron chi connectivity index (χ4n) is 1.89. The summed E-state index contributed by atoms with van der Waals surface area (Å²) in [5, 5.41) is 8.95. The lowest BCUT2D eigenvalue weighted by atomic mass is 10.1. The SMILES string of the molecule is CC(C)N(CC(=O)O)C(C)c1ccc(F)c(Cl)c1. The first kappa shape index (κ1) is 14.9. The molecular formula is C13H17ClFNO2. The summed E-state index contributed by atoms with van der Waals surface area (Å²) >= 11 is 5.74. The number of hydrogen-bond acceptors (Lipinski definition) is 2. The van der Waals surface area contributed by atoms with Crippen molar-refractivity contribution >= 4 is 17.6 Å². The minimum absolute atomic E-state index is 0.0541. The third-order valence-corrected chi connectivity index (χ3v) is 3.19. The van der Waals surface area contributed by atoms with Gasteiger partial charge in [-0.1, -0.05) is 17.7 Å². The monoisotopic (exact) mass is 273 g/mol. The number of carboxylic acid groups (broad SMARTS) is 1. The lowest BCUT2D eigenvalue weighted by Gasteiger charge is -2.31. The molecule has 1 N–H and O–H groups in total. The van der Waals surface area contributed by atoms with Gasteiger partial charge in [0.1, 0.15) is 5.82 Å². The maximum Gasteiger partial charge on any atom is 0.317 e. The number of aliphatic carboxylic acids is 1. The second-order valence-electron chi connectivity index (χ2n) is 4.51. The van der Waals surface area contributed by atoms with Crippen LogP contribution < -0.4 is 0 Å². The molecule has 0 saturated carbocycles. The van der Waals surface area contributed by atoms with Gasteiger partial charge in [0.05, 0.1) is 11.6 Å². The summed E-state index contributed by atoms with van der Waals surface area (Å²) in [4.78, 5) is 12.7. The van der Waals surface area contributed by atoms with Crippen molar-refractivity contribution in [3.63, 3.8) is 0 Å². The molecule has 0 fully saturated rings. The average molecular weight is 274 g/mol. The molecule has 0 radical (unpaired) electrons. The maximum atomic E-state index is 13.1. The van der Waals surface area contributed by atoms with Crippen molar-refractivity contribution in [2.75, 3.05) is 6.54 Å². The van der Waals surface area contributed by atoms with Gasteiger partial charge in [-0.3, -0.25) is 9.69 Å². The molecule has 0 aliphatic rings. The number of carbonyl (C=O) groups is 1. The average Bonchev–Trinajstić information content (AvgIpc) is 2.28. The highest BCUT2D eigenvalue weighted by atomic mass is 35.5. The molecule has 1 unspecified atom stereocenters. The first-order valence-corrected chi connectivity index (χ1v) is 6.13. The molecule has 0 spiro atoms. The second-order valence-corrected chi connectivity index (χ2v) is 4.92. The van der Waals surface area contributed by atoms with Gasteiger partial charge in [-0.2, -0.15) is 0 Å². The fraction of sp³-hybridized carbons (Fsp3) is 0.462. The molecule has 5 heteroatoms. The van der Waals surface area contributed by atoms with Crippen molar-refractivity contribution in [1.29, 1.82) is 0 Å². The smallest absolute Gasteiger partial charge is 0.317 e. The van der Waals surface area contributed by atoms with E-state index in [0.717, 1.165) is 5.56 Å². The van der Waals surface area contributed by atoms with Crippen LogP contribution in [0.4, 0.5) is 4.39 Å². The van der Waals surface area contributed by atoms with Crippen LogP contribution in [0.3, 0.4) is 0 Å². The van der Waals surface area contributed by atoms with Crippen LogP contribution in [0.25, 0.3) is 0 Å². The molecule has 1 aromatic rings. The van der Waals surface area contributed by atoms with Gasteiger partial charge in [0, 0.05) is 12.1 Å². The molecule has 0 aliphatic carbocycles. The van der Waals surface area contributed by atoms with Gasteiger partial charge in [-0.25, -0.2) is 4.39 Å². The van der Waals surface area contributed by atoms with Crippen molar-refractivity contribution in [3.05, 3.63) is 34.6 Å². The number of rotatable bonds is 5. The third-order valence-electron chi connectivity index (χ3n) is 2.90. The predicted octanol–water partition coefficient (Wildman–Crippen LogP) is 3.34. The Balaban J connectivity index is 2.97. The van der Waals surface area contributed by atoms with Crippen LogP contribution >= 0.6 is 11.6 Å². The van der Waals surface area contributed by atoms with E-state index >= 15 is 0 Å². The zero-order valence-corrected chi connectivity index (χ0v) is 11.4. The van der Waals surface area contributed by atoms with Crippen LogP contribution in [0.1, 0.15) is 32.4 Å². The van der Waals surface area contributed by atoms with E-state index in [4.69, 9.17) is 16.7 Å². The standard InChI is InChI=1S/C13H17ClFNO2/c1-8(2)16(7-13(17)18)9(3)10-4-5-12(15)11(14)6-10/h4-6,8-9H,7H2,1-3H3,(H,17,18). The van der Waals surface area contributed by atoms with Crippen LogP contribution in [-0.4, -0.2) is 28.6 Å². The van der Waals surface area contributed by atoms with E-state index in [2.05, 4.69) is 0 Å². The van der Waals surface area contributed by atoms with Gasteiger partial charge in [0.2, 0.25) is 0 Å². The molecule has 100 valence electrons. The molecule has 0 aliphatic heterocycles. The highest BCUT2D eigenvalue weighted by Gasteiger charge is 2.21. The van der Waals surface area contributed by atoms with Crippen LogP contribution in [0.15, 0.2) is 18.2 Å². The van der Waals surface area contributed by atoms with Crippen LogP contribution in [-0.2, 0) is 4.79 Å². The van der Waals surface area contributed by atoms with Gasteiger partial charge < -0.3 is 5.11 Å². The summed E-state index contributed by atoms with van der Waals surface area (Å²) < 4.78 is 13.1. The van der Waals surface area contributed by atoms with Gasteiger partial charge in [0.25, 0.3) is 0 Å². The Hall–Kier alpha value is -1.13. The van der Waals surface area contributed by atoms with Crippen LogP contribution in [0.5, 0.6) is 0 Å². The quantitative estimate of drug-likeness (QED) is 0.894. The molecule has 1 atom stereocenters. The van der Waals surface area contributed by atoms with Gasteiger partial charge in [0.15, 0.2) is 0 Å². The Kier molecular flexibility index (Phi) is 5.11. The summed E-state index contributed by atoms with van der Waals surface area (Å²) in [7, 11) is 0. The van der Waals surface area contributed by atoms with Crippen LogP contribution in [0.2, 0.25) is 5.02 Å². The van der Waals surface area contributed by atoms with E-state index in [0.29, 0.717) is 0 Å². The minimum atomic E-state index is -0.885. The van der Waals surface area contributed by atoms with Gasteiger partial charge in [-0.15, -0.1) is 0 Å². The van der Waals surface area contributed by atoms with E-state index in [-0.39, 0.29) is 23.7 Å².